The molecule has 5 rings (SSSR count). The Hall–Kier alpha value is -2.53. The van der Waals surface area contributed by atoms with Crippen LogP contribution in [0.2, 0.25) is 0 Å². The topological polar surface area (TPSA) is 40.6 Å². The lowest BCUT2D eigenvalue weighted by molar-refractivity contribution is -0.124. The van der Waals surface area contributed by atoms with E-state index in [1.165, 1.54) is 17.3 Å². The van der Waals surface area contributed by atoms with Crippen molar-refractivity contribution in [2.45, 2.75) is 38.1 Å². The number of hydrogen-bond acceptors (Lipinski definition) is 3. The van der Waals surface area contributed by atoms with Gasteiger partial charge in [-0.25, -0.2) is 0 Å². The number of thioether (sulfide) groups is 1. The standard InChI is InChI=1S/C23H22N2O2S/c1-14-7-5-8-16(11-14)24-19(26)13-28-23(24)18-10-6-9-17-15(2)12-22(3,4)25(20(17)18)21(23)27/h5-12H,13H2,1-4H3/t23-/m1/s1. The van der Waals surface area contributed by atoms with Crippen LogP contribution in [0, 0.1) is 6.92 Å². The molecule has 2 amide bonds. The van der Waals surface area contributed by atoms with Gasteiger partial charge in [0, 0.05) is 16.8 Å². The van der Waals surface area contributed by atoms with Gasteiger partial charge in [-0.3, -0.25) is 19.4 Å². The molecule has 1 atom stereocenters. The summed E-state index contributed by atoms with van der Waals surface area (Å²) in [7, 11) is 0. The summed E-state index contributed by atoms with van der Waals surface area (Å²) in [4.78, 5) is 29.7. The zero-order chi connectivity index (χ0) is 19.8. The highest BCUT2D eigenvalue weighted by Gasteiger charge is 2.63. The van der Waals surface area contributed by atoms with E-state index in [1.54, 1.807) is 4.90 Å². The molecular weight excluding hydrogens is 368 g/mol. The first kappa shape index (κ1) is 17.6. The van der Waals surface area contributed by atoms with Crippen molar-refractivity contribution in [1.29, 1.82) is 0 Å². The Kier molecular flexibility index (Phi) is 3.45. The maximum atomic E-state index is 14.0. The van der Waals surface area contributed by atoms with Crippen molar-refractivity contribution in [1.82, 2.24) is 0 Å². The average Bonchev–Trinajstić information content (AvgIpc) is 3.10. The second kappa shape index (κ2) is 5.51. The Labute approximate surface area is 169 Å². The maximum absolute atomic E-state index is 14.0. The number of anilines is 2. The number of nitrogens with zero attached hydrogens (tertiary/aromatic N) is 2. The van der Waals surface area contributed by atoms with E-state index in [0.717, 1.165) is 28.1 Å². The van der Waals surface area contributed by atoms with Crippen molar-refractivity contribution in [3.8, 4) is 0 Å². The monoisotopic (exact) mass is 390 g/mol. The molecule has 5 heteroatoms. The highest BCUT2D eigenvalue weighted by Crippen LogP contribution is 2.59. The molecule has 0 bridgehead atoms. The molecule has 0 unspecified atom stereocenters. The zero-order valence-electron chi connectivity index (χ0n) is 16.4. The molecular formula is C23H22N2O2S. The molecule has 2 aromatic carbocycles. The summed E-state index contributed by atoms with van der Waals surface area (Å²) in [6, 6.07) is 13.9. The first-order valence-corrected chi connectivity index (χ1v) is 10.5. The minimum Gasteiger partial charge on any atom is -0.299 e. The van der Waals surface area contributed by atoms with Crippen LogP contribution in [0.25, 0.3) is 5.57 Å². The quantitative estimate of drug-likeness (QED) is 0.721. The van der Waals surface area contributed by atoms with Gasteiger partial charge >= 0.3 is 0 Å². The maximum Gasteiger partial charge on any atom is 0.269 e. The first-order chi connectivity index (χ1) is 13.3. The molecule has 0 aromatic heterocycles. The summed E-state index contributed by atoms with van der Waals surface area (Å²) in [5, 5.41) is 0. The molecule has 28 heavy (non-hydrogen) atoms. The lowest BCUT2D eigenvalue weighted by Crippen LogP contribution is -2.54. The van der Waals surface area contributed by atoms with Gasteiger partial charge in [0.2, 0.25) is 10.8 Å². The van der Waals surface area contributed by atoms with Crippen molar-refractivity contribution >= 4 is 40.5 Å². The number of allylic oxidation sites excluding steroid dienone is 1. The van der Waals surface area contributed by atoms with Crippen molar-refractivity contribution in [2.75, 3.05) is 15.6 Å². The van der Waals surface area contributed by atoms with Gasteiger partial charge in [0.05, 0.1) is 17.0 Å². The normalized spacial score (nSPS) is 24.8. The van der Waals surface area contributed by atoms with Gasteiger partial charge in [-0.15, -0.1) is 11.8 Å². The summed E-state index contributed by atoms with van der Waals surface area (Å²) in [5.74, 6) is 0.245. The number of aryl methyl sites for hydroxylation is 1. The summed E-state index contributed by atoms with van der Waals surface area (Å²) in [5.41, 5.74) is 5.52. The number of amides is 2. The van der Waals surface area contributed by atoms with Gasteiger partial charge in [0.25, 0.3) is 5.91 Å². The average molecular weight is 391 g/mol. The largest absolute Gasteiger partial charge is 0.299 e. The number of benzene rings is 2. The fourth-order valence-corrected chi connectivity index (χ4v) is 6.22. The van der Waals surface area contributed by atoms with E-state index in [9.17, 15) is 9.59 Å². The number of rotatable bonds is 1. The van der Waals surface area contributed by atoms with Gasteiger partial charge in [-0.2, -0.15) is 0 Å². The molecule has 4 nitrogen and oxygen atoms in total. The second-order valence-corrected chi connectivity index (χ2v) is 9.49. The molecule has 1 saturated heterocycles. The first-order valence-electron chi connectivity index (χ1n) is 9.49. The Morgan fingerprint density at radius 3 is 2.50 bits per heavy atom. The van der Waals surface area contributed by atoms with Crippen molar-refractivity contribution in [3.05, 3.63) is 65.2 Å². The smallest absolute Gasteiger partial charge is 0.269 e. The highest BCUT2D eigenvalue weighted by atomic mass is 32.2. The van der Waals surface area contributed by atoms with E-state index in [-0.39, 0.29) is 11.8 Å². The molecule has 2 aromatic rings. The Morgan fingerprint density at radius 2 is 1.75 bits per heavy atom. The van der Waals surface area contributed by atoms with Crippen molar-refractivity contribution in [3.63, 3.8) is 0 Å². The number of para-hydroxylation sites is 1. The molecule has 3 aliphatic rings. The molecule has 1 fully saturated rings. The summed E-state index contributed by atoms with van der Waals surface area (Å²) >= 11 is 1.44. The van der Waals surface area contributed by atoms with Crippen LogP contribution in [0.3, 0.4) is 0 Å². The number of hydrogen-bond donors (Lipinski definition) is 0. The molecule has 3 heterocycles. The lowest BCUT2D eigenvalue weighted by Gasteiger charge is -2.40. The zero-order valence-corrected chi connectivity index (χ0v) is 17.3. The van der Waals surface area contributed by atoms with Crippen LogP contribution < -0.4 is 9.80 Å². The number of fused-ring (bicyclic) bond motifs is 1. The Morgan fingerprint density at radius 1 is 1.00 bits per heavy atom. The molecule has 0 radical (unpaired) electrons. The highest BCUT2D eigenvalue weighted by molar-refractivity contribution is 8.02. The van der Waals surface area contributed by atoms with E-state index < -0.39 is 10.4 Å². The molecule has 0 saturated carbocycles. The van der Waals surface area contributed by atoms with Crippen molar-refractivity contribution in [2.24, 2.45) is 0 Å². The third-order valence-electron chi connectivity index (χ3n) is 5.92. The van der Waals surface area contributed by atoms with Crippen LogP contribution in [0.5, 0.6) is 0 Å². The number of carbonyl (C=O) groups excluding carboxylic acids is 2. The summed E-state index contributed by atoms with van der Waals surface area (Å²) in [6.45, 7) is 8.22. The van der Waals surface area contributed by atoms with Crippen LogP contribution in [0.15, 0.2) is 48.5 Å². The SMILES string of the molecule is CC1=CC(C)(C)N2C(=O)[C@]3(SCC(=O)N3c3cccc(C)c3)c3cccc1c32. The van der Waals surface area contributed by atoms with Gasteiger partial charge in [0.15, 0.2) is 0 Å². The fraction of sp³-hybridized carbons (Fsp3) is 0.304. The molecule has 1 spiro atoms. The fourth-order valence-electron chi connectivity index (χ4n) is 4.89. The van der Waals surface area contributed by atoms with E-state index in [0.29, 0.717) is 5.75 Å². The third kappa shape index (κ3) is 2.03. The van der Waals surface area contributed by atoms with Gasteiger partial charge < -0.3 is 0 Å². The van der Waals surface area contributed by atoms with Crippen LogP contribution in [0.4, 0.5) is 11.4 Å². The van der Waals surface area contributed by atoms with Gasteiger partial charge in [-0.05, 0) is 51.0 Å². The predicted molar refractivity (Wildman–Crippen MR) is 114 cm³/mol. The minimum absolute atomic E-state index is 0.0242. The van der Waals surface area contributed by atoms with E-state index >= 15 is 0 Å². The molecule has 0 N–H and O–H groups in total. The predicted octanol–water partition coefficient (Wildman–Crippen LogP) is 4.47. The van der Waals surface area contributed by atoms with Crippen LogP contribution in [-0.4, -0.2) is 23.1 Å². The van der Waals surface area contributed by atoms with Crippen LogP contribution >= 0.6 is 11.8 Å². The van der Waals surface area contributed by atoms with Crippen LogP contribution in [-0.2, 0) is 14.5 Å². The summed E-state index contributed by atoms with van der Waals surface area (Å²) in [6.07, 6.45) is 2.15. The molecule has 0 aliphatic carbocycles. The lowest BCUT2D eigenvalue weighted by atomic mass is 9.89. The third-order valence-corrected chi connectivity index (χ3v) is 7.30. The molecule has 142 valence electrons. The Balaban J connectivity index is 1.81. The van der Waals surface area contributed by atoms with Crippen molar-refractivity contribution < 1.29 is 9.59 Å². The van der Waals surface area contributed by atoms with Crippen LogP contribution in [0.1, 0.15) is 37.5 Å². The van der Waals surface area contributed by atoms with E-state index in [1.807, 2.05) is 48.2 Å². The molecule has 3 aliphatic heterocycles. The van der Waals surface area contributed by atoms with Gasteiger partial charge in [-0.1, -0.05) is 36.4 Å². The van der Waals surface area contributed by atoms with Gasteiger partial charge in [0.1, 0.15) is 0 Å². The van der Waals surface area contributed by atoms with E-state index in [2.05, 4.69) is 32.9 Å². The Bertz CT molecular complexity index is 1090. The number of carbonyl (C=O) groups is 2. The summed E-state index contributed by atoms with van der Waals surface area (Å²) < 4.78 is 0. The minimum atomic E-state index is -1.04. The second-order valence-electron chi connectivity index (χ2n) is 8.32. The van der Waals surface area contributed by atoms with E-state index in [4.69, 9.17) is 0 Å².